The molecule has 0 aliphatic heterocycles. The first kappa shape index (κ1) is 14.0. The van der Waals surface area contributed by atoms with E-state index in [4.69, 9.17) is 17.3 Å². The zero-order valence-corrected chi connectivity index (χ0v) is 12.7. The highest BCUT2D eigenvalue weighted by Gasteiger charge is 2.44. The molecule has 0 aromatic carbocycles. The zero-order chi connectivity index (χ0) is 16.0. The number of pyridine rings is 2. The molecule has 3 aromatic heterocycles. The molecule has 1 fully saturated rings. The maximum Gasteiger partial charge on any atom is 0.229 e. The van der Waals surface area contributed by atoms with E-state index in [9.17, 15) is 4.79 Å². The largest absolute Gasteiger partial charge is 0.383 e. The van der Waals surface area contributed by atoms with Gasteiger partial charge in [0, 0.05) is 23.7 Å². The third-order valence-corrected chi connectivity index (χ3v) is 4.23. The Bertz CT molecular complexity index is 894. The number of rotatable bonds is 3. The monoisotopic (exact) mass is 328 g/mol. The lowest BCUT2D eigenvalue weighted by Gasteiger charge is -2.07. The predicted molar refractivity (Wildman–Crippen MR) is 87.0 cm³/mol. The third-order valence-electron chi connectivity index (χ3n) is 4.04. The summed E-state index contributed by atoms with van der Waals surface area (Å²) in [5.74, 6) is 0.929. The van der Waals surface area contributed by atoms with Gasteiger partial charge in [-0.25, -0.2) is 9.97 Å². The van der Waals surface area contributed by atoms with Gasteiger partial charge in [-0.05, 0) is 35.4 Å². The second kappa shape index (κ2) is 5.20. The van der Waals surface area contributed by atoms with Crippen LogP contribution < -0.4 is 11.1 Å². The highest BCUT2D eigenvalue weighted by atomic mass is 35.5. The first-order valence-electron chi connectivity index (χ1n) is 7.13. The average Bonchev–Trinajstić information content (AvgIpc) is 3.13. The molecule has 1 saturated carbocycles. The van der Waals surface area contributed by atoms with Crippen LogP contribution in [0.25, 0.3) is 10.8 Å². The number of nitrogen functional groups attached to an aromatic ring is 1. The number of fused-ring (bicyclic) bond motifs is 1. The van der Waals surface area contributed by atoms with Crippen LogP contribution in [-0.4, -0.2) is 26.1 Å². The smallest absolute Gasteiger partial charge is 0.229 e. The maximum atomic E-state index is 12.3. The lowest BCUT2D eigenvalue weighted by molar-refractivity contribution is -0.117. The molecule has 8 heteroatoms. The summed E-state index contributed by atoms with van der Waals surface area (Å²) in [6.07, 6.45) is 5.99. The summed E-state index contributed by atoms with van der Waals surface area (Å²) in [4.78, 5) is 20.5. The van der Waals surface area contributed by atoms with Crippen LogP contribution in [0.5, 0.6) is 0 Å². The van der Waals surface area contributed by atoms with Crippen molar-refractivity contribution >= 4 is 39.9 Å². The number of aromatic amines is 1. The Hall–Kier alpha value is -2.67. The minimum absolute atomic E-state index is 0.0452. The molecule has 0 saturated heterocycles. The van der Waals surface area contributed by atoms with Crippen molar-refractivity contribution in [3.63, 3.8) is 0 Å². The number of nitrogens with zero attached hydrogens (tertiary/aromatic N) is 3. The van der Waals surface area contributed by atoms with Crippen LogP contribution >= 0.6 is 11.6 Å². The Morgan fingerprint density at radius 3 is 3.04 bits per heavy atom. The number of anilines is 2. The minimum Gasteiger partial charge on any atom is -0.383 e. The number of hydrogen-bond acceptors (Lipinski definition) is 5. The molecule has 1 amide bonds. The number of halogens is 1. The Labute approximate surface area is 136 Å². The quantitative estimate of drug-likeness (QED) is 0.639. The average molecular weight is 329 g/mol. The highest BCUT2D eigenvalue weighted by Crippen LogP contribution is 2.47. The van der Waals surface area contributed by atoms with E-state index in [1.165, 1.54) is 0 Å². The van der Waals surface area contributed by atoms with Gasteiger partial charge in [-0.15, -0.1) is 0 Å². The second-order valence-corrected chi connectivity index (χ2v) is 5.98. The summed E-state index contributed by atoms with van der Waals surface area (Å²) >= 11 is 5.91. The van der Waals surface area contributed by atoms with Crippen molar-refractivity contribution in [2.45, 2.75) is 12.3 Å². The van der Waals surface area contributed by atoms with Gasteiger partial charge in [0.2, 0.25) is 5.91 Å². The number of nitrogens with one attached hydrogen (secondary N) is 2. The van der Waals surface area contributed by atoms with Crippen molar-refractivity contribution in [2.75, 3.05) is 11.1 Å². The topological polar surface area (TPSA) is 110 Å². The molecule has 3 heterocycles. The van der Waals surface area contributed by atoms with Crippen LogP contribution in [-0.2, 0) is 4.79 Å². The van der Waals surface area contributed by atoms with Gasteiger partial charge in [-0.1, -0.05) is 11.6 Å². The normalized spacial score (nSPS) is 19.7. The summed E-state index contributed by atoms with van der Waals surface area (Å²) in [5.41, 5.74) is 6.86. The molecule has 4 rings (SSSR count). The van der Waals surface area contributed by atoms with Crippen molar-refractivity contribution in [3.05, 3.63) is 41.4 Å². The molecular formula is C15H13ClN6O. The Morgan fingerprint density at radius 1 is 1.39 bits per heavy atom. The van der Waals surface area contributed by atoms with Gasteiger partial charge < -0.3 is 11.1 Å². The fourth-order valence-corrected chi connectivity index (χ4v) is 2.95. The minimum atomic E-state index is -0.0452. The molecule has 7 nitrogen and oxygen atoms in total. The number of nitrogens with two attached hydrogens (primary N) is 1. The number of H-pyrrole nitrogens is 1. The predicted octanol–water partition coefficient (Wildman–Crippen LogP) is 2.33. The standard InChI is InChI=1S/C15H13ClN6O/c16-12-1-7-2-13(18-6-11(7)14(17)21-12)22-15(23)10-3-9(10)8-4-19-20-5-8/h1-2,4-6,9-10H,3H2,(H2,17,21)(H,19,20)(H,18,22,23)/t9-,10+/m0/s1. The Balaban J connectivity index is 1.53. The lowest BCUT2D eigenvalue weighted by atomic mass is 10.2. The molecule has 0 spiro atoms. The van der Waals surface area contributed by atoms with Crippen LogP contribution in [0, 0.1) is 5.92 Å². The second-order valence-electron chi connectivity index (χ2n) is 5.59. The summed E-state index contributed by atoms with van der Waals surface area (Å²) in [5, 5.41) is 11.3. The SMILES string of the molecule is Nc1nc(Cl)cc2cc(NC(=O)[C@@H]3C[C@H]3c3cn[nH]c3)ncc12. The van der Waals surface area contributed by atoms with Crippen molar-refractivity contribution in [2.24, 2.45) is 5.92 Å². The Kier molecular flexibility index (Phi) is 3.16. The van der Waals surface area contributed by atoms with E-state index in [-0.39, 0.29) is 17.7 Å². The summed E-state index contributed by atoms with van der Waals surface area (Å²) in [7, 11) is 0. The van der Waals surface area contributed by atoms with Gasteiger partial charge in [0.25, 0.3) is 0 Å². The number of aromatic nitrogens is 4. The van der Waals surface area contributed by atoms with Gasteiger partial charge in [-0.3, -0.25) is 9.89 Å². The van der Waals surface area contributed by atoms with Crippen molar-refractivity contribution in [1.29, 1.82) is 0 Å². The number of carbonyl (C=O) groups excluding carboxylic acids is 1. The molecule has 0 bridgehead atoms. The molecule has 23 heavy (non-hydrogen) atoms. The maximum absolute atomic E-state index is 12.3. The molecule has 4 N–H and O–H groups in total. The molecular weight excluding hydrogens is 316 g/mol. The van der Waals surface area contributed by atoms with E-state index in [2.05, 4.69) is 25.5 Å². The van der Waals surface area contributed by atoms with Crippen LogP contribution in [0.4, 0.5) is 11.6 Å². The van der Waals surface area contributed by atoms with Crippen LogP contribution in [0.3, 0.4) is 0 Å². The molecule has 116 valence electrons. The van der Waals surface area contributed by atoms with Gasteiger partial charge in [0.05, 0.1) is 6.20 Å². The lowest BCUT2D eigenvalue weighted by Crippen LogP contribution is -2.15. The first-order valence-corrected chi connectivity index (χ1v) is 7.51. The summed E-state index contributed by atoms with van der Waals surface area (Å²) in [6.45, 7) is 0. The van der Waals surface area contributed by atoms with Gasteiger partial charge in [-0.2, -0.15) is 5.10 Å². The number of amides is 1. The fraction of sp³-hybridized carbons (Fsp3) is 0.200. The Morgan fingerprint density at radius 2 is 2.26 bits per heavy atom. The molecule has 1 aliphatic carbocycles. The van der Waals surface area contributed by atoms with Crippen LogP contribution in [0.2, 0.25) is 5.15 Å². The highest BCUT2D eigenvalue weighted by molar-refractivity contribution is 6.30. The third kappa shape index (κ3) is 2.59. The first-order chi connectivity index (χ1) is 11.1. The van der Waals surface area contributed by atoms with Crippen LogP contribution in [0.15, 0.2) is 30.7 Å². The van der Waals surface area contributed by atoms with Crippen molar-refractivity contribution < 1.29 is 4.79 Å². The molecule has 0 radical (unpaired) electrons. The van der Waals surface area contributed by atoms with E-state index >= 15 is 0 Å². The van der Waals surface area contributed by atoms with Crippen molar-refractivity contribution in [1.82, 2.24) is 20.2 Å². The fourth-order valence-electron chi connectivity index (χ4n) is 2.74. The van der Waals surface area contributed by atoms with E-state index in [0.717, 1.165) is 17.4 Å². The molecule has 1 aliphatic rings. The molecule has 3 aromatic rings. The summed E-state index contributed by atoms with van der Waals surface area (Å²) < 4.78 is 0. The van der Waals surface area contributed by atoms with E-state index < -0.39 is 0 Å². The molecule has 2 atom stereocenters. The van der Waals surface area contributed by atoms with Gasteiger partial charge >= 0.3 is 0 Å². The van der Waals surface area contributed by atoms with Crippen molar-refractivity contribution in [3.8, 4) is 0 Å². The molecule has 0 unspecified atom stereocenters. The van der Waals surface area contributed by atoms with Gasteiger partial charge in [0.15, 0.2) is 0 Å². The number of hydrogen-bond donors (Lipinski definition) is 3. The number of carbonyl (C=O) groups is 1. The zero-order valence-electron chi connectivity index (χ0n) is 12.0. The van der Waals surface area contributed by atoms with Gasteiger partial charge in [0.1, 0.15) is 16.8 Å². The van der Waals surface area contributed by atoms with E-state index in [0.29, 0.717) is 22.2 Å². The van der Waals surface area contributed by atoms with E-state index in [1.54, 1.807) is 24.5 Å². The van der Waals surface area contributed by atoms with Crippen LogP contribution in [0.1, 0.15) is 17.9 Å². The summed E-state index contributed by atoms with van der Waals surface area (Å²) in [6, 6.07) is 3.43. The van der Waals surface area contributed by atoms with E-state index in [1.807, 2.05) is 6.20 Å².